The SMILES string of the molecule is COc1c(Cl)cc(Cl)cc1C=CC(=O)Nc1ccc(Br)cc1I. The van der Waals surface area contributed by atoms with Crippen molar-refractivity contribution in [1.82, 2.24) is 0 Å². The number of ether oxygens (including phenoxy) is 1. The van der Waals surface area contributed by atoms with Crippen molar-refractivity contribution in [2.24, 2.45) is 0 Å². The van der Waals surface area contributed by atoms with E-state index in [1.54, 1.807) is 18.2 Å². The number of amides is 1. The highest BCUT2D eigenvalue weighted by Gasteiger charge is 2.08. The van der Waals surface area contributed by atoms with E-state index in [9.17, 15) is 4.79 Å². The van der Waals surface area contributed by atoms with Gasteiger partial charge in [-0.25, -0.2) is 0 Å². The van der Waals surface area contributed by atoms with Gasteiger partial charge in [0.25, 0.3) is 0 Å². The first-order valence-corrected chi connectivity index (χ1v) is 9.00. The van der Waals surface area contributed by atoms with Crippen molar-refractivity contribution in [2.45, 2.75) is 0 Å². The third-order valence-corrected chi connectivity index (χ3v) is 4.73. The molecule has 3 nitrogen and oxygen atoms in total. The molecular formula is C16H11BrCl2INO2. The largest absolute Gasteiger partial charge is 0.495 e. The van der Waals surface area contributed by atoms with E-state index in [0.29, 0.717) is 21.4 Å². The number of rotatable bonds is 4. The third kappa shape index (κ3) is 5.11. The molecule has 2 aromatic carbocycles. The minimum Gasteiger partial charge on any atom is -0.495 e. The van der Waals surface area contributed by atoms with Crippen LogP contribution in [0.4, 0.5) is 5.69 Å². The Kier molecular flexibility index (Phi) is 6.76. The summed E-state index contributed by atoms with van der Waals surface area (Å²) in [4.78, 5) is 12.1. The molecule has 2 aromatic rings. The van der Waals surface area contributed by atoms with Crippen LogP contribution in [0.3, 0.4) is 0 Å². The predicted octanol–water partition coefficient (Wildman–Crippen LogP) is 6.02. The molecule has 0 fully saturated rings. The van der Waals surface area contributed by atoms with Gasteiger partial charge in [0.2, 0.25) is 5.91 Å². The number of nitrogens with one attached hydrogen (secondary N) is 1. The number of hydrogen-bond acceptors (Lipinski definition) is 2. The molecule has 0 atom stereocenters. The number of halogens is 4. The van der Waals surface area contributed by atoms with E-state index in [-0.39, 0.29) is 5.91 Å². The topological polar surface area (TPSA) is 38.3 Å². The Morgan fingerprint density at radius 2 is 2.04 bits per heavy atom. The van der Waals surface area contributed by atoms with Crippen LogP contribution in [-0.4, -0.2) is 13.0 Å². The highest BCUT2D eigenvalue weighted by atomic mass is 127. The molecule has 0 aliphatic rings. The van der Waals surface area contributed by atoms with Crippen LogP contribution < -0.4 is 10.1 Å². The molecule has 0 spiro atoms. The molecule has 1 N–H and O–H groups in total. The zero-order valence-electron chi connectivity index (χ0n) is 11.9. The van der Waals surface area contributed by atoms with Crippen molar-refractivity contribution in [1.29, 1.82) is 0 Å². The zero-order chi connectivity index (χ0) is 17.0. The van der Waals surface area contributed by atoms with Crippen molar-refractivity contribution in [3.63, 3.8) is 0 Å². The summed E-state index contributed by atoms with van der Waals surface area (Å²) in [5.74, 6) is 0.210. The second-order valence-electron chi connectivity index (χ2n) is 4.46. The van der Waals surface area contributed by atoms with Crippen LogP contribution in [0.5, 0.6) is 5.75 Å². The van der Waals surface area contributed by atoms with Crippen molar-refractivity contribution in [3.8, 4) is 5.75 Å². The molecule has 2 rings (SSSR count). The molecule has 23 heavy (non-hydrogen) atoms. The number of anilines is 1. The number of carbonyl (C=O) groups is 1. The Hall–Kier alpha value is -0.760. The van der Waals surface area contributed by atoms with Crippen molar-refractivity contribution in [2.75, 3.05) is 12.4 Å². The number of benzene rings is 2. The Balaban J connectivity index is 2.18. The van der Waals surface area contributed by atoms with Gasteiger partial charge in [-0.1, -0.05) is 39.1 Å². The van der Waals surface area contributed by atoms with Crippen LogP contribution >= 0.6 is 61.7 Å². The minimum atomic E-state index is -0.261. The Labute approximate surface area is 166 Å². The summed E-state index contributed by atoms with van der Waals surface area (Å²) in [5, 5.41) is 3.68. The molecule has 1 amide bonds. The van der Waals surface area contributed by atoms with Gasteiger partial charge in [-0.05, 0) is 59.0 Å². The van der Waals surface area contributed by atoms with Gasteiger partial charge in [0.15, 0.2) is 0 Å². The van der Waals surface area contributed by atoms with Gasteiger partial charge in [0, 0.05) is 24.7 Å². The maximum absolute atomic E-state index is 12.1. The predicted molar refractivity (Wildman–Crippen MR) is 108 cm³/mol. The lowest BCUT2D eigenvalue weighted by atomic mass is 10.2. The molecular weight excluding hydrogens is 516 g/mol. The molecule has 0 bridgehead atoms. The van der Waals surface area contributed by atoms with Gasteiger partial charge in [0.05, 0.1) is 17.8 Å². The first kappa shape index (κ1) is 18.6. The number of carbonyl (C=O) groups excluding carboxylic acids is 1. The third-order valence-electron chi connectivity index (χ3n) is 2.84. The second-order valence-corrected chi connectivity index (χ2v) is 7.38. The summed E-state index contributed by atoms with van der Waals surface area (Å²) < 4.78 is 7.12. The summed E-state index contributed by atoms with van der Waals surface area (Å²) in [5.41, 5.74) is 1.37. The van der Waals surface area contributed by atoms with E-state index in [4.69, 9.17) is 27.9 Å². The zero-order valence-corrected chi connectivity index (χ0v) is 17.1. The first-order chi connectivity index (χ1) is 10.9. The fourth-order valence-electron chi connectivity index (χ4n) is 1.85. The molecule has 0 aliphatic heterocycles. The van der Waals surface area contributed by atoms with Crippen LogP contribution in [0.1, 0.15) is 5.56 Å². The van der Waals surface area contributed by atoms with E-state index < -0.39 is 0 Å². The lowest BCUT2D eigenvalue weighted by Gasteiger charge is -2.08. The van der Waals surface area contributed by atoms with Crippen LogP contribution in [-0.2, 0) is 4.79 Å². The maximum Gasteiger partial charge on any atom is 0.248 e. The van der Waals surface area contributed by atoms with E-state index in [1.807, 2.05) is 18.2 Å². The summed E-state index contributed by atoms with van der Waals surface area (Å²) in [6, 6.07) is 8.87. The van der Waals surface area contributed by atoms with E-state index in [2.05, 4.69) is 43.8 Å². The van der Waals surface area contributed by atoms with E-state index in [1.165, 1.54) is 13.2 Å². The summed E-state index contributed by atoms with van der Waals surface area (Å²) >= 11 is 17.6. The molecule has 0 saturated carbocycles. The molecule has 0 aromatic heterocycles. The molecule has 0 unspecified atom stereocenters. The lowest BCUT2D eigenvalue weighted by Crippen LogP contribution is -2.08. The molecule has 0 aliphatic carbocycles. The second kappa shape index (κ2) is 8.37. The summed E-state index contributed by atoms with van der Waals surface area (Å²) in [6.45, 7) is 0. The fourth-order valence-corrected chi connectivity index (χ4v) is 3.88. The highest BCUT2D eigenvalue weighted by molar-refractivity contribution is 14.1. The summed E-state index contributed by atoms with van der Waals surface area (Å²) in [7, 11) is 1.51. The number of methoxy groups -OCH3 is 1. The van der Waals surface area contributed by atoms with Crippen LogP contribution in [0.25, 0.3) is 6.08 Å². The standard InChI is InChI=1S/C16H11BrCl2INO2/c1-23-16-9(6-11(18)8-12(16)19)2-5-15(22)21-14-4-3-10(17)7-13(14)20/h2-8H,1H3,(H,21,22). The molecule has 0 heterocycles. The van der Waals surface area contributed by atoms with Crippen LogP contribution in [0.15, 0.2) is 40.9 Å². The van der Waals surface area contributed by atoms with Gasteiger partial charge in [-0.3, -0.25) is 4.79 Å². The highest BCUT2D eigenvalue weighted by Crippen LogP contribution is 2.33. The molecule has 0 radical (unpaired) electrons. The van der Waals surface area contributed by atoms with Crippen molar-refractivity contribution < 1.29 is 9.53 Å². The van der Waals surface area contributed by atoms with Crippen molar-refractivity contribution >= 4 is 79.4 Å². The Morgan fingerprint density at radius 3 is 2.70 bits per heavy atom. The van der Waals surface area contributed by atoms with Crippen LogP contribution in [0.2, 0.25) is 10.0 Å². The monoisotopic (exact) mass is 525 g/mol. The van der Waals surface area contributed by atoms with Gasteiger partial charge in [-0.15, -0.1) is 0 Å². The Bertz CT molecular complexity index is 781. The normalized spacial score (nSPS) is 10.8. The molecule has 7 heteroatoms. The quantitative estimate of drug-likeness (QED) is 0.391. The van der Waals surface area contributed by atoms with Crippen molar-refractivity contribution in [3.05, 3.63) is 60.1 Å². The van der Waals surface area contributed by atoms with Gasteiger partial charge < -0.3 is 10.1 Å². The minimum absolute atomic E-state index is 0.261. The summed E-state index contributed by atoms with van der Waals surface area (Å²) in [6.07, 6.45) is 3.01. The number of hydrogen-bond donors (Lipinski definition) is 1. The van der Waals surface area contributed by atoms with Gasteiger partial charge in [0.1, 0.15) is 5.75 Å². The Morgan fingerprint density at radius 1 is 1.30 bits per heavy atom. The molecule has 0 saturated heterocycles. The van der Waals surface area contributed by atoms with Crippen LogP contribution in [0, 0.1) is 3.57 Å². The van der Waals surface area contributed by atoms with E-state index in [0.717, 1.165) is 13.7 Å². The lowest BCUT2D eigenvalue weighted by molar-refractivity contribution is -0.111. The average molecular weight is 527 g/mol. The molecule has 120 valence electrons. The van der Waals surface area contributed by atoms with Gasteiger partial charge >= 0.3 is 0 Å². The first-order valence-electron chi connectivity index (χ1n) is 6.38. The average Bonchev–Trinajstić information content (AvgIpc) is 2.47. The smallest absolute Gasteiger partial charge is 0.248 e. The van der Waals surface area contributed by atoms with E-state index >= 15 is 0 Å². The van der Waals surface area contributed by atoms with Gasteiger partial charge in [-0.2, -0.15) is 0 Å². The fraction of sp³-hybridized carbons (Fsp3) is 0.0625. The maximum atomic E-state index is 12.1.